The van der Waals surface area contributed by atoms with Gasteiger partial charge in [0.25, 0.3) is 0 Å². The van der Waals surface area contributed by atoms with Crippen molar-refractivity contribution < 1.29 is 9.47 Å². The van der Waals surface area contributed by atoms with Crippen molar-refractivity contribution in [3.05, 3.63) is 46.2 Å². The van der Waals surface area contributed by atoms with Gasteiger partial charge in [0.15, 0.2) is 0 Å². The number of nitrogens with zero attached hydrogens (tertiary/aromatic N) is 2. The third-order valence-corrected chi connectivity index (χ3v) is 4.93. The van der Waals surface area contributed by atoms with Crippen molar-refractivity contribution in [1.29, 1.82) is 10.5 Å². The van der Waals surface area contributed by atoms with Crippen LogP contribution in [0.4, 0.5) is 0 Å². The quantitative estimate of drug-likeness (QED) is 0.840. The molecule has 0 amide bonds. The van der Waals surface area contributed by atoms with Gasteiger partial charge in [-0.1, -0.05) is 6.07 Å². The molecule has 1 aromatic rings. The number of nitriles is 2. The molecule has 1 fully saturated rings. The highest BCUT2D eigenvalue weighted by atomic mass is 16.5. The van der Waals surface area contributed by atoms with E-state index in [2.05, 4.69) is 12.1 Å². The fraction of sp³-hybridized carbons (Fsp3) is 0.429. The number of hydrogen-bond acceptors (Lipinski definition) is 5. The number of ether oxygens (including phenoxy) is 2. The van der Waals surface area contributed by atoms with E-state index in [4.69, 9.17) is 15.2 Å². The first-order chi connectivity index (χ1) is 12.6. The summed E-state index contributed by atoms with van der Waals surface area (Å²) in [5.74, 6) is 1.68. The lowest BCUT2D eigenvalue weighted by atomic mass is 9.77. The van der Waals surface area contributed by atoms with E-state index in [0.717, 1.165) is 29.7 Å². The van der Waals surface area contributed by atoms with E-state index in [0.29, 0.717) is 48.1 Å². The molecule has 26 heavy (non-hydrogen) atoms. The van der Waals surface area contributed by atoms with Crippen molar-refractivity contribution in [3.63, 3.8) is 0 Å². The lowest BCUT2D eigenvalue weighted by molar-refractivity contribution is 0.319. The highest BCUT2D eigenvalue weighted by Gasteiger charge is 2.37. The van der Waals surface area contributed by atoms with Crippen molar-refractivity contribution in [1.82, 2.24) is 0 Å². The van der Waals surface area contributed by atoms with Gasteiger partial charge in [-0.2, -0.15) is 10.5 Å². The molecule has 1 atom stereocenters. The van der Waals surface area contributed by atoms with E-state index in [-0.39, 0.29) is 5.92 Å². The first-order valence-electron chi connectivity index (χ1n) is 9.07. The zero-order chi connectivity index (χ0) is 18.7. The molecule has 2 N–H and O–H groups in total. The maximum atomic E-state index is 9.72. The van der Waals surface area contributed by atoms with Gasteiger partial charge in [0.05, 0.1) is 36.1 Å². The summed E-state index contributed by atoms with van der Waals surface area (Å²) in [4.78, 5) is 0. The van der Waals surface area contributed by atoms with Gasteiger partial charge in [-0.15, -0.1) is 0 Å². The molecule has 0 heterocycles. The predicted molar refractivity (Wildman–Crippen MR) is 98.3 cm³/mol. The zero-order valence-electron chi connectivity index (χ0n) is 15.2. The van der Waals surface area contributed by atoms with Crippen molar-refractivity contribution >= 4 is 0 Å². The molecule has 2 aliphatic rings. The first kappa shape index (κ1) is 17.9. The Morgan fingerprint density at radius 1 is 1.12 bits per heavy atom. The minimum Gasteiger partial charge on any atom is -0.494 e. The summed E-state index contributed by atoms with van der Waals surface area (Å²) in [7, 11) is 0. The largest absolute Gasteiger partial charge is 0.494 e. The molecule has 0 saturated heterocycles. The summed E-state index contributed by atoms with van der Waals surface area (Å²) in [5, 5.41) is 19.3. The second kappa shape index (κ2) is 7.54. The SMILES string of the molecule is CCOc1ccc(C2CC(C3CC3)=C(C#N)C(N)=C2C#N)c(OCC)c1. The van der Waals surface area contributed by atoms with Crippen LogP contribution in [0.2, 0.25) is 0 Å². The number of rotatable bonds is 6. The average Bonchev–Trinajstić information content (AvgIpc) is 3.47. The van der Waals surface area contributed by atoms with Crippen molar-refractivity contribution in [3.8, 4) is 23.6 Å². The number of allylic oxidation sites excluding steroid dienone is 3. The molecular formula is C21H23N3O2. The Morgan fingerprint density at radius 2 is 1.85 bits per heavy atom. The van der Waals surface area contributed by atoms with Crippen LogP contribution in [0.15, 0.2) is 40.6 Å². The summed E-state index contributed by atoms with van der Waals surface area (Å²) in [5.41, 5.74) is 9.53. The molecule has 3 rings (SSSR count). The predicted octanol–water partition coefficient (Wildman–Crippen LogP) is 3.94. The lowest BCUT2D eigenvalue weighted by Gasteiger charge is -2.27. The van der Waals surface area contributed by atoms with E-state index in [9.17, 15) is 10.5 Å². The topological polar surface area (TPSA) is 92.1 Å². The Hall–Kier alpha value is -2.92. The summed E-state index contributed by atoms with van der Waals surface area (Å²) in [6.45, 7) is 4.95. The van der Waals surface area contributed by atoms with E-state index in [1.54, 1.807) is 0 Å². The van der Waals surface area contributed by atoms with Gasteiger partial charge in [0, 0.05) is 17.5 Å². The molecule has 5 heteroatoms. The van der Waals surface area contributed by atoms with Crippen molar-refractivity contribution in [2.24, 2.45) is 11.7 Å². The van der Waals surface area contributed by atoms with Crippen molar-refractivity contribution in [2.45, 2.75) is 39.0 Å². The standard InChI is InChI=1S/C21H23N3O2/c1-3-25-14-7-8-15(20(9-14)26-4-2)17-10-16(13-5-6-13)18(11-22)21(24)19(17)12-23/h7-9,13,17H,3-6,10,24H2,1-2H3. The molecular weight excluding hydrogens is 326 g/mol. The molecule has 0 spiro atoms. The minimum absolute atomic E-state index is 0.190. The summed E-state index contributed by atoms with van der Waals surface area (Å²) in [6.07, 6.45) is 2.82. The number of benzene rings is 1. The van der Waals surface area contributed by atoms with Gasteiger partial charge >= 0.3 is 0 Å². The Labute approximate surface area is 154 Å². The third-order valence-electron chi connectivity index (χ3n) is 4.93. The Bertz CT molecular complexity index is 851. The normalized spacial score (nSPS) is 19.8. The second-order valence-electron chi connectivity index (χ2n) is 6.55. The molecule has 0 aliphatic heterocycles. The maximum Gasteiger partial charge on any atom is 0.126 e. The van der Waals surface area contributed by atoms with Gasteiger partial charge in [-0.3, -0.25) is 0 Å². The van der Waals surface area contributed by atoms with Crippen LogP contribution < -0.4 is 15.2 Å². The summed E-state index contributed by atoms with van der Waals surface area (Å²) < 4.78 is 11.4. The monoisotopic (exact) mass is 349 g/mol. The summed E-state index contributed by atoms with van der Waals surface area (Å²) in [6, 6.07) is 10.2. The maximum absolute atomic E-state index is 9.72. The molecule has 0 bridgehead atoms. The van der Waals surface area contributed by atoms with Crippen LogP contribution in [-0.2, 0) is 0 Å². The second-order valence-corrected chi connectivity index (χ2v) is 6.55. The summed E-state index contributed by atoms with van der Waals surface area (Å²) >= 11 is 0. The highest BCUT2D eigenvalue weighted by Crippen LogP contribution is 2.49. The lowest BCUT2D eigenvalue weighted by Crippen LogP contribution is -2.19. The molecule has 134 valence electrons. The highest BCUT2D eigenvalue weighted by molar-refractivity contribution is 5.60. The van der Waals surface area contributed by atoms with Gasteiger partial charge in [-0.25, -0.2) is 0 Å². The van der Waals surface area contributed by atoms with Crippen LogP contribution in [0.1, 0.15) is 44.6 Å². The minimum atomic E-state index is -0.190. The fourth-order valence-corrected chi connectivity index (χ4v) is 3.60. The van der Waals surface area contributed by atoms with Crippen LogP contribution in [0.5, 0.6) is 11.5 Å². The van der Waals surface area contributed by atoms with E-state index in [1.165, 1.54) is 0 Å². The molecule has 0 aromatic heterocycles. The van der Waals surface area contributed by atoms with E-state index < -0.39 is 0 Å². The van der Waals surface area contributed by atoms with Crippen LogP contribution in [0.25, 0.3) is 0 Å². The Kier molecular flexibility index (Phi) is 5.19. The zero-order valence-corrected chi connectivity index (χ0v) is 15.2. The van der Waals surface area contributed by atoms with Gasteiger partial charge in [0.2, 0.25) is 0 Å². The molecule has 0 radical (unpaired) electrons. The average molecular weight is 349 g/mol. The molecule has 1 saturated carbocycles. The Morgan fingerprint density at radius 3 is 2.42 bits per heavy atom. The fourth-order valence-electron chi connectivity index (χ4n) is 3.60. The van der Waals surface area contributed by atoms with Crippen LogP contribution in [0.3, 0.4) is 0 Å². The molecule has 2 aliphatic carbocycles. The number of hydrogen-bond donors (Lipinski definition) is 1. The third kappa shape index (κ3) is 3.26. The van der Waals surface area contributed by atoms with Gasteiger partial charge in [0.1, 0.15) is 17.6 Å². The first-order valence-corrected chi connectivity index (χ1v) is 9.07. The van der Waals surface area contributed by atoms with Crippen LogP contribution in [-0.4, -0.2) is 13.2 Å². The molecule has 1 unspecified atom stereocenters. The molecule has 1 aromatic carbocycles. The van der Waals surface area contributed by atoms with Crippen LogP contribution >= 0.6 is 0 Å². The van der Waals surface area contributed by atoms with E-state index >= 15 is 0 Å². The van der Waals surface area contributed by atoms with Gasteiger partial charge in [-0.05, 0) is 50.7 Å². The van der Waals surface area contributed by atoms with Crippen molar-refractivity contribution in [2.75, 3.05) is 13.2 Å². The van der Waals surface area contributed by atoms with Crippen LogP contribution in [0, 0.1) is 28.6 Å². The number of nitrogens with two attached hydrogens (primary N) is 1. The Balaban J connectivity index is 2.08. The van der Waals surface area contributed by atoms with E-state index in [1.807, 2.05) is 32.0 Å². The smallest absolute Gasteiger partial charge is 0.126 e. The molecule has 5 nitrogen and oxygen atoms in total. The van der Waals surface area contributed by atoms with Gasteiger partial charge < -0.3 is 15.2 Å².